The second-order valence-corrected chi connectivity index (χ2v) is 4.42. The van der Waals surface area contributed by atoms with Crippen LogP contribution in [-0.2, 0) is 6.54 Å². The molecule has 0 bridgehead atoms. The number of nitrogens with zero attached hydrogens (tertiary/aromatic N) is 2. The maximum Gasteiger partial charge on any atom is 0.231 e. The van der Waals surface area contributed by atoms with E-state index in [0.717, 1.165) is 22.5 Å². The smallest absolute Gasteiger partial charge is 0.231 e. The lowest BCUT2D eigenvalue weighted by atomic mass is 10.2. The number of aryl methyl sites for hydroxylation is 2. The minimum Gasteiger partial charge on any atom is -0.349 e. The molecule has 0 saturated heterocycles. The Morgan fingerprint density at radius 3 is 2.79 bits per heavy atom. The molecule has 2 rings (SSSR count). The van der Waals surface area contributed by atoms with Crippen molar-refractivity contribution < 1.29 is 0 Å². The van der Waals surface area contributed by atoms with Crippen LogP contribution >= 0.6 is 0 Å². The normalized spacial score (nSPS) is 10.0. The lowest BCUT2D eigenvalue weighted by Crippen LogP contribution is -1.99. The van der Waals surface area contributed by atoms with Gasteiger partial charge in [-0.1, -0.05) is 12.1 Å². The number of pyridine rings is 1. The van der Waals surface area contributed by atoms with Crippen LogP contribution in [0.3, 0.4) is 0 Å². The number of hydrogen-bond donors (Lipinski definition) is 2. The molecule has 1 aromatic heterocycles. The van der Waals surface area contributed by atoms with Crippen LogP contribution in [0.2, 0.25) is 0 Å². The van der Waals surface area contributed by atoms with Gasteiger partial charge in [0.1, 0.15) is 5.82 Å². The summed E-state index contributed by atoms with van der Waals surface area (Å²) in [7, 11) is 0. The first-order valence-electron chi connectivity index (χ1n) is 6.05. The first kappa shape index (κ1) is 13.1. The molecule has 0 aliphatic carbocycles. The molecule has 0 amide bonds. The molecule has 3 N–H and O–H groups in total. The number of aromatic nitrogens is 1. The summed E-state index contributed by atoms with van der Waals surface area (Å²) in [6.45, 7) is 11.6. The molecule has 1 heterocycles. The molecule has 0 radical (unpaired) electrons. The average molecular weight is 252 g/mol. The molecule has 0 aliphatic heterocycles. The van der Waals surface area contributed by atoms with Gasteiger partial charge >= 0.3 is 0 Å². The Morgan fingerprint density at radius 1 is 1.32 bits per heavy atom. The van der Waals surface area contributed by atoms with Crippen LogP contribution in [0, 0.1) is 20.4 Å². The van der Waals surface area contributed by atoms with Crippen molar-refractivity contribution in [3.63, 3.8) is 0 Å². The molecule has 1 aromatic carbocycles. The Hall–Kier alpha value is -2.38. The van der Waals surface area contributed by atoms with Crippen LogP contribution in [0.25, 0.3) is 4.85 Å². The van der Waals surface area contributed by atoms with Gasteiger partial charge in [0.15, 0.2) is 0 Å². The fourth-order valence-corrected chi connectivity index (χ4v) is 1.97. The molecule has 4 nitrogen and oxygen atoms in total. The summed E-state index contributed by atoms with van der Waals surface area (Å²) < 4.78 is 0. The van der Waals surface area contributed by atoms with Crippen molar-refractivity contribution >= 4 is 17.2 Å². The van der Waals surface area contributed by atoms with Crippen molar-refractivity contribution in [1.29, 1.82) is 0 Å². The van der Waals surface area contributed by atoms with Gasteiger partial charge in [-0.2, -0.15) is 0 Å². The summed E-state index contributed by atoms with van der Waals surface area (Å²) in [5.41, 5.74) is 9.94. The van der Waals surface area contributed by atoms with Crippen LogP contribution in [0.4, 0.5) is 17.2 Å². The van der Waals surface area contributed by atoms with Gasteiger partial charge in [-0.25, -0.2) is 9.83 Å². The van der Waals surface area contributed by atoms with Gasteiger partial charge in [0.2, 0.25) is 5.69 Å². The first-order valence-corrected chi connectivity index (χ1v) is 6.05. The maximum atomic E-state index is 7.27. The van der Waals surface area contributed by atoms with Gasteiger partial charge in [-0.05, 0) is 43.2 Å². The fraction of sp³-hybridized carbons (Fsp3) is 0.200. The minimum atomic E-state index is 0.492. The van der Waals surface area contributed by atoms with Crippen molar-refractivity contribution in [2.24, 2.45) is 5.73 Å². The van der Waals surface area contributed by atoms with E-state index in [1.54, 1.807) is 0 Å². The lowest BCUT2D eigenvalue weighted by molar-refractivity contribution is 1.07. The molecule has 0 unspecified atom stereocenters. The Balaban J connectivity index is 2.40. The predicted molar refractivity (Wildman–Crippen MR) is 77.6 cm³/mol. The third kappa shape index (κ3) is 2.90. The van der Waals surface area contributed by atoms with Crippen LogP contribution in [0.1, 0.15) is 16.8 Å². The topological polar surface area (TPSA) is 55.3 Å². The first-order chi connectivity index (χ1) is 9.13. The number of benzene rings is 1. The van der Waals surface area contributed by atoms with Gasteiger partial charge in [0, 0.05) is 17.9 Å². The standard InChI is InChI=1S/C15H16N4/c1-10-7-11(2)18-15(14(10)17-3)19-13-6-4-5-12(8-13)9-16/h4-8H,9,16H2,1-2H3,(H,18,19). The van der Waals surface area contributed by atoms with Crippen molar-refractivity contribution in [2.75, 3.05) is 5.32 Å². The second kappa shape index (κ2) is 5.51. The molecular weight excluding hydrogens is 236 g/mol. The van der Waals surface area contributed by atoms with Gasteiger partial charge in [-0.3, -0.25) is 0 Å². The summed E-state index contributed by atoms with van der Waals surface area (Å²) in [4.78, 5) is 7.95. The van der Waals surface area contributed by atoms with Crippen molar-refractivity contribution in [1.82, 2.24) is 4.98 Å². The highest BCUT2D eigenvalue weighted by atomic mass is 15.0. The lowest BCUT2D eigenvalue weighted by Gasteiger charge is -2.11. The predicted octanol–water partition coefficient (Wildman–Crippen LogP) is 3.45. The van der Waals surface area contributed by atoms with Gasteiger partial charge in [-0.15, -0.1) is 0 Å². The summed E-state index contributed by atoms with van der Waals surface area (Å²) >= 11 is 0. The van der Waals surface area contributed by atoms with E-state index in [-0.39, 0.29) is 0 Å². The summed E-state index contributed by atoms with van der Waals surface area (Å²) in [5.74, 6) is 0.599. The second-order valence-electron chi connectivity index (χ2n) is 4.42. The van der Waals surface area contributed by atoms with E-state index < -0.39 is 0 Å². The van der Waals surface area contributed by atoms with Gasteiger partial charge in [0.05, 0.1) is 6.57 Å². The zero-order valence-corrected chi connectivity index (χ0v) is 11.1. The molecule has 0 fully saturated rings. The molecule has 0 aliphatic rings. The van der Waals surface area contributed by atoms with E-state index in [1.807, 2.05) is 44.2 Å². The fourth-order valence-electron chi connectivity index (χ4n) is 1.97. The number of hydrogen-bond acceptors (Lipinski definition) is 3. The molecule has 0 atom stereocenters. The quantitative estimate of drug-likeness (QED) is 0.823. The number of nitrogens with one attached hydrogen (secondary N) is 1. The van der Waals surface area contributed by atoms with E-state index >= 15 is 0 Å². The molecule has 96 valence electrons. The maximum absolute atomic E-state index is 7.27. The SMILES string of the molecule is [C-]#[N+]c1c(C)cc(C)nc1Nc1cccc(CN)c1. The molecular formula is C15H16N4. The summed E-state index contributed by atoms with van der Waals surface area (Å²) in [5, 5.41) is 3.20. The van der Waals surface area contributed by atoms with E-state index in [0.29, 0.717) is 18.1 Å². The zero-order chi connectivity index (χ0) is 13.8. The zero-order valence-electron chi connectivity index (χ0n) is 11.1. The molecule has 0 spiro atoms. The van der Waals surface area contributed by atoms with Gasteiger partial charge < -0.3 is 11.1 Å². The minimum absolute atomic E-state index is 0.492. The van der Waals surface area contributed by atoms with Crippen LogP contribution in [0.5, 0.6) is 0 Å². The third-order valence-corrected chi connectivity index (χ3v) is 2.85. The molecule has 0 saturated carbocycles. The number of anilines is 2. The van der Waals surface area contributed by atoms with Crippen LogP contribution < -0.4 is 11.1 Å². The largest absolute Gasteiger partial charge is 0.349 e. The Morgan fingerprint density at radius 2 is 2.11 bits per heavy atom. The van der Waals surface area contributed by atoms with E-state index in [1.165, 1.54) is 0 Å². The highest BCUT2D eigenvalue weighted by Crippen LogP contribution is 2.30. The van der Waals surface area contributed by atoms with E-state index in [9.17, 15) is 0 Å². The van der Waals surface area contributed by atoms with Crippen molar-refractivity contribution in [2.45, 2.75) is 20.4 Å². The molecule has 4 heteroatoms. The highest BCUT2D eigenvalue weighted by Gasteiger charge is 2.09. The number of rotatable bonds is 3. The highest BCUT2D eigenvalue weighted by molar-refractivity contribution is 5.74. The Kier molecular flexibility index (Phi) is 3.79. The van der Waals surface area contributed by atoms with Crippen LogP contribution in [-0.4, -0.2) is 4.98 Å². The average Bonchev–Trinajstić information content (AvgIpc) is 2.38. The number of nitrogens with two attached hydrogens (primary N) is 1. The Bertz CT molecular complexity index is 641. The van der Waals surface area contributed by atoms with Crippen LogP contribution in [0.15, 0.2) is 30.3 Å². The molecule has 2 aromatic rings. The monoisotopic (exact) mass is 252 g/mol. The Labute approximate surface area is 113 Å². The van der Waals surface area contributed by atoms with Gasteiger partial charge in [0.25, 0.3) is 0 Å². The van der Waals surface area contributed by atoms with Crippen molar-refractivity contribution in [3.8, 4) is 0 Å². The third-order valence-electron chi connectivity index (χ3n) is 2.85. The summed E-state index contributed by atoms with van der Waals surface area (Å²) in [6.07, 6.45) is 0. The van der Waals surface area contributed by atoms with E-state index in [2.05, 4.69) is 15.1 Å². The summed E-state index contributed by atoms with van der Waals surface area (Å²) in [6, 6.07) is 9.72. The van der Waals surface area contributed by atoms with E-state index in [4.69, 9.17) is 12.3 Å². The van der Waals surface area contributed by atoms with Crippen molar-refractivity contribution in [3.05, 3.63) is 58.6 Å². The molecule has 19 heavy (non-hydrogen) atoms.